The smallest absolute Gasteiger partial charge is 0.119 e. The van der Waals surface area contributed by atoms with Gasteiger partial charge in [-0.2, -0.15) is 0 Å². The zero-order valence-corrected chi connectivity index (χ0v) is 14.9. The molecule has 25 heavy (non-hydrogen) atoms. The molecule has 1 aromatic heterocycles. The normalized spacial score (nSPS) is 12.1. The topological polar surface area (TPSA) is 63.6 Å². The average Bonchev–Trinajstić information content (AvgIpc) is 2.67. The van der Waals surface area contributed by atoms with Crippen LogP contribution in [0.25, 0.3) is 0 Å². The van der Waals surface area contributed by atoms with Crippen LogP contribution < -0.4 is 10.1 Å². The highest BCUT2D eigenvalue weighted by atomic mass is 16.5. The minimum atomic E-state index is 0.0299. The minimum absolute atomic E-state index is 0.0299. The van der Waals surface area contributed by atoms with Gasteiger partial charge in [0.1, 0.15) is 12.4 Å². The summed E-state index contributed by atoms with van der Waals surface area (Å²) in [6.07, 6.45) is 2.69. The summed E-state index contributed by atoms with van der Waals surface area (Å²) >= 11 is 0. The summed E-state index contributed by atoms with van der Waals surface area (Å²) in [6.45, 7) is 5.54. The number of rotatable bonds is 12. The summed E-state index contributed by atoms with van der Waals surface area (Å²) < 4.78 is 10.9. The maximum absolute atomic E-state index is 9.53. The molecule has 0 spiro atoms. The van der Waals surface area contributed by atoms with Crippen LogP contribution in [0.5, 0.6) is 5.75 Å². The Morgan fingerprint density at radius 1 is 1.12 bits per heavy atom. The van der Waals surface area contributed by atoms with Crippen molar-refractivity contribution in [3.05, 3.63) is 59.9 Å². The van der Waals surface area contributed by atoms with Gasteiger partial charge >= 0.3 is 0 Å². The van der Waals surface area contributed by atoms with Crippen molar-refractivity contribution in [1.82, 2.24) is 10.3 Å². The van der Waals surface area contributed by atoms with Gasteiger partial charge in [0.15, 0.2) is 0 Å². The molecule has 5 heteroatoms. The van der Waals surface area contributed by atoms with Gasteiger partial charge in [0.05, 0.1) is 13.2 Å². The van der Waals surface area contributed by atoms with Crippen LogP contribution in [0.2, 0.25) is 0 Å². The second-order valence-electron chi connectivity index (χ2n) is 5.78. The highest BCUT2D eigenvalue weighted by Gasteiger charge is 2.10. The third kappa shape index (κ3) is 7.22. The first-order valence-corrected chi connectivity index (χ1v) is 8.85. The molecule has 1 atom stereocenters. The van der Waals surface area contributed by atoms with E-state index in [-0.39, 0.29) is 12.5 Å². The highest BCUT2D eigenvalue weighted by molar-refractivity contribution is 5.27. The molecule has 136 valence electrons. The molecule has 1 unspecified atom stereocenters. The minimum Gasteiger partial charge on any atom is -0.491 e. The molecule has 0 fully saturated rings. The second kappa shape index (κ2) is 11.6. The van der Waals surface area contributed by atoms with Crippen molar-refractivity contribution < 1.29 is 14.6 Å². The van der Waals surface area contributed by atoms with Crippen LogP contribution in [0.1, 0.15) is 24.1 Å². The molecule has 2 rings (SSSR count). The SMILES string of the molecule is CCOCCOc1ccc(CCNCC(CO)c2ccccn2)cc1. The van der Waals surface area contributed by atoms with Crippen LogP contribution in [0.4, 0.5) is 0 Å². The number of aliphatic hydroxyl groups excluding tert-OH is 1. The van der Waals surface area contributed by atoms with Crippen molar-refractivity contribution in [1.29, 1.82) is 0 Å². The monoisotopic (exact) mass is 344 g/mol. The summed E-state index contributed by atoms with van der Waals surface area (Å²) in [4.78, 5) is 4.31. The number of nitrogens with zero attached hydrogens (tertiary/aromatic N) is 1. The number of nitrogens with one attached hydrogen (secondary N) is 1. The first-order valence-electron chi connectivity index (χ1n) is 8.85. The largest absolute Gasteiger partial charge is 0.491 e. The lowest BCUT2D eigenvalue weighted by Crippen LogP contribution is -2.26. The number of hydrogen-bond donors (Lipinski definition) is 2. The Labute approximate surface area is 150 Å². The molecule has 2 aromatic rings. The first-order chi connectivity index (χ1) is 12.3. The Hall–Kier alpha value is -1.95. The van der Waals surface area contributed by atoms with Gasteiger partial charge in [-0.25, -0.2) is 0 Å². The molecule has 1 heterocycles. The number of pyridine rings is 1. The molecule has 5 nitrogen and oxygen atoms in total. The van der Waals surface area contributed by atoms with Crippen LogP contribution in [0, 0.1) is 0 Å². The molecule has 2 N–H and O–H groups in total. The molecule has 0 bridgehead atoms. The quantitative estimate of drug-likeness (QED) is 0.579. The van der Waals surface area contributed by atoms with Gasteiger partial charge in [-0.1, -0.05) is 18.2 Å². The Bertz CT molecular complexity index is 575. The first kappa shape index (κ1) is 19.4. The maximum Gasteiger partial charge on any atom is 0.119 e. The molecule has 0 aliphatic rings. The lowest BCUT2D eigenvalue weighted by Gasteiger charge is -2.14. The van der Waals surface area contributed by atoms with Gasteiger partial charge in [-0.15, -0.1) is 0 Å². The van der Waals surface area contributed by atoms with Gasteiger partial charge in [-0.05, 0) is 49.7 Å². The van der Waals surface area contributed by atoms with Crippen molar-refractivity contribution in [3.8, 4) is 5.75 Å². The standard InChI is InChI=1S/C20H28N2O3/c1-2-24-13-14-25-19-8-6-17(7-9-19)10-12-21-15-18(16-23)20-5-3-4-11-22-20/h3-9,11,18,21,23H,2,10,12-16H2,1H3. The third-order valence-electron chi connectivity index (χ3n) is 3.93. The molecule has 0 saturated heterocycles. The Balaban J connectivity index is 1.67. The van der Waals surface area contributed by atoms with E-state index in [1.54, 1.807) is 6.20 Å². The van der Waals surface area contributed by atoms with E-state index in [4.69, 9.17) is 9.47 Å². The van der Waals surface area contributed by atoms with E-state index >= 15 is 0 Å². The second-order valence-corrected chi connectivity index (χ2v) is 5.78. The van der Waals surface area contributed by atoms with E-state index in [1.165, 1.54) is 5.56 Å². The Morgan fingerprint density at radius 2 is 1.96 bits per heavy atom. The van der Waals surface area contributed by atoms with Crippen molar-refractivity contribution >= 4 is 0 Å². The molecular weight excluding hydrogens is 316 g/mol. The number of ether oxygens (including phenoxy) is 2. The predicted molar refractivity (Wildman–Crippen MR) is 99.1 cm³/mol. The molecule has 0 radical (unpaired) electrons. The fourth-order valence-electron chi connectivity index (χ4n) is 2.50. The van der Waals surface area contributed by atoms with Gasteiger partial charge in [-0.3, -0.25) is 4.98 Å². The molecule has 0 amide bonds. The predicted octanol–water partition coefficient (Wildman–Crippen LogP) is 2.41. The van der Waals surface area contributed by atoms with Crippen molar-refractivity contribution in [2.45, 2.75) is 19.3 Å². The lowest BCUT2D eigenvalue weighted by atomic mass is 10.1. The van der Waals surface area contributed by atoms with Crippen LogP contribution in [0.3, 0.4) is 0 Å². The fraction of sp³-hybridized carbons (Fsp3) is 0.450. The number of aromatic nitrogens is 1. The van der Waals surface area contributed by atoms with Crippen LogP contribution in [-0.2, 0) is 11.2 Å². The van der Waals surface area contributed by atoms with Crippen LogP contribution in [-0.4, -0.2) is 49.6 Å². The molecule has 0 saturated carbocycles. The highest BCUT2D eigenvalue weighted by Crippen LogP contribution is 2.13. The van der Waals surface area contributed by atoms with Crippen molar-refractivity contribution in [2.24, 2.45) is 0 Å². The molecule has 0 aliphatic heterocycles. The van der Waals surface area contributed by atoms with Crippen LogP contribution in [0.15, 0.2) is 48.7 Å². The van der Waals surface area contributed by atoms with E-state index in [2.05, 4.69) is 22.4 Å². The zero-order valence-electron chi connectivity index (χ0n) is 14.9. The molecule has 1 aromatic carbocycles. The summed E-state index contributed by atoms with van der Waals surface area (Å²) in [5, 5.41) is 12.9. The average molecular weight is 344 g/mol. The van der Waals surface area contributed by atoms with E-state index < -0.39 is 0 Å². The van der Waals surface area contributed by atoms with Gasteiger partial charge in [0.25, 0.3) is 0 Å². The van der Waals surface area contributed by atoms with E-state index in [1.807, 2.05) is 37.3 Å². The number of aliphatic hydroxyl groups is 1. The van der Waals surface area contributed by atoms with Crippen molar-refractivity contribution in [2.75, 3.05) is 39.5 Å². The third-order valence-corrected chi connectivity index (χ3v) is 3.93. The molecular formula is C20H28N2O3. The number of benzene rings is 1. The van der Waals surface area contributed by atoms with Gasteiger partial charge < -0.3 is 19.9 Å². The summed E-state index contributed by atoms with van der Waals surface area (Å²) in [6, 6.07) is 13.9. The Morgan fingerprint density at radius 3 is 2.64 bits per heavy atom. The number of hydrogen-bond acceptors (Lipinski definition) is 5. The molecule has 0 aliphatic carbocycles. The van der Waals surface area contributed by atoms with Crippen molar-refractivity contribution in [3.63, 3.8) is 0 Å². The zero-order chi connectivity index (χ0) is 17.7. The van der Waals surface area contributed by atoms with E-state index in [0.29, 0.717) is 26.4 Å². The summed E-state index contributed by atoms with van der Waals surface area (Å²) in [5.41, 5.74) is 2.18. The van der Waals surface area contributed by atoms with Gasteiger partial charge in [0, 0.05) is 31.0 Å². The summed E-state index contributed by atoms with van der Waals surface area (Å²) in [7, 11) is 0. The van der Waals surface area contributed by atoms with Gasteiger partial charge in [0.2, 0.25) is 0 Å². The fourth-order valence-corrected chi connectivity index (χ4v) is 2.50. The maximum atomic E-state index is 9.53. The summed E-state index contributed by atoms with van der Waals surface area (Å²) in [5.74, 6) is 0.897. The Kier molecular flexibility index (Phi) is 8.97. The lowest BCUT2D eigenvalue weighted by molar-refractivity contribution is 0.110. The van der Waals surface area contributed by atoms with Crippen LogP contribution >= 0.6 is 0 Å². The van der Waals surface area contributed by atoms with E-state index in [9.17, 15) is 5.11 Å². The van der Waals surface area contributed by atoms with E-state index in [0.717, 1.165) is 24.4 Å².